The molecule has 0 aromatic heterocycles. The molecule has 2 amide bonds. The summed E-state index contributed by atoms with van der Waals surface area (Å²) < 4.78 is 21.1. The number of nitrogens with one attached hydrogen (secondary N) is 2. The first-order valence-electron chi connectivity index (χ1n) is 11.6. The number of ether oxygens (including phenoxy) is 4. The van der Waals surface area contributed by atoms with Crippen molar-refractivity contribution in [3.05, 3.63) is 47.5 Å². The van der Waals surface area contributed by atoms with Crippen molar-refractivity contribution in [2.45, 2.75) is 44.6 Å². The topological polar surface area (TPSA) is 112 Å². The van der Waals surface area contributed by atoms with Crippen LogP contribution in [0.3, 0.4) is 0 Å². The van der Waals surface area contributed by atoms with Crippen molar-refractivity contribution in [2.24, 2.45) is 0 Å². The van der Waals surface area contributed by atoms with E-state index in [-0.39, 0.29) is 18.4 Å². The van der Waals surface area contributed by atoms with Crippen LogP contribution in [-0.4, -0.2) is 51.8 Å². The molecule has 0 bridgehead atoms. The van der Waals surface area contributed by atoms with Gasteiger partial charge in [0.15, 0.2) is 18.1 Å². The molecule has 1 saturated carbocycles. The van der Waals surface area contributed by atoms with Gasteiger partial charge in [-0.1, -0.05) is 25.0 Å². The van der Waals surface area contributed by atoms with Gasteiger partial charge in [0.2, 0.25) is 5.75 Å². The molecule has 0 aliphatic heterocycles. The van der Waals surface area contributed by atoms with Crippen LogP contribution in [-0.2, 0) is 20.7 Å². The van der Waals surface area contributed by atoms with Crippen LogP contribution in [0, 0.1) is 0 Å². The number of carbonyl (C=O) groups excluding carboxylic acids is 3. The summed E-state index contributed by atoms with van der Waals surface area (Å²) in [5.41, 5.74) is 1.55. The zero-order valence-corrected chi connectivity index (χ0v) is 20.3. The number of anilines is 1. The predicted octanol–water partition coefficient (Wildman–Crippen LogP) is 3.50. The largest absolute Gasteiger partial charge is 0.493 e. The van der Waals surface area contributed by atoms with Crippen LogP contribution in [0.5, 0.6) is 17.2 Å². The number of para-hydroxylation sites is 1. The van der Waals surface area contributed by atoms with Gasteiger partial charge in [-0.15, -0.1) is 0 Å². The lowest BCUT2D eigenvalue weighted by molar-refractivity contribution is -0.147. The van der Waals surface area contributed by atoms with Crippen LogP contribution >= 0.6 is 0 Å². The zero-order valence-electron chi connectivity index (χ0n) is 20.3. The lowest BCUT2D eigenvalue weighted by Gasteiger charge is -2.15. The molecule has 1 aliphatic carbocycles. The second kappa shape index (κ2) is 12.6. The summed E-state index contributed by atoms with van der Waals surface area (Å²) in [6, 6.07) is 10.5. The Balaban J connectivity index is 1.51. The number of methoxy groups -OCH3 is 3. The molecule has 3 rings (SSSR count). The Labute approximate surface area is 205 Å². The third-order valence-corrected chi connectivity index (χ3v) is 5.84. The average Bonchev–Trinajstić information content (AvgIpc) is 3.38. The Morgan fingerprint density at radius 1 is 0.943 bits per heavy atom. The predicted molar refractivity (Wildman–Crippen MR) is 130 cm³/mol. The number of hydrogen-bond acceptors (Lipinski definition) is 7. The number of esters is 1. The van der Waals surface area contributed by atoms with E-state index in [0.29, 0.717) is 34.9 Å². The first kappa shape index (κ1) is 25.9. The van der Waals surface area contributed by atoms with Gasteiger partial charge in [0, 0.05) is 12.5 Å². The van der Waals surface area contributed by atoms with Crippen LogP contribution in [0.4, 0.5) is 5.69 Å². The van der Waals surface area contributed by atoms with E-state index in [1.54, 1.807) is 36.4 Å². The average molecular weight is 485 g/mol. The van der Waals surface area contributed by atoms with E-state index in [4.69, 9.17) is 18.9 Å². The molecule has 1 aliphatic rings. The molecule has 0 atom stereocenters. The maximum atomic E-state index is 12.6. The lowest BCUT2D eigenvalue weighted by atomic mass is 10.1. The van der Waals surface area contributed by atoms with Gasteiger partial charge in [-0.3, -0.25) is 14.4 Å². The number of amides is 2. The Bertz CT molecular complexity index is 1020. The Morgan fingerprint density at radius 3 is 2.23 bits per heavy atom. The zero-order chi connectivity index (χ0) is 25.2. The number of rotatable bonds is 11. The van der Waals surface area contributed by atoms with Crippen molar-refractivity contribution < 1.29 is 33.3 Å². The second-order valence-electron chi connectivity index (χ2n) is 8.24. The minimum Gasteiger partial charge on any atom is -0.493 e. The molecule has 1 fully saturated rings. The quantitative estimate of drug-likeness (QED) is 0.470. The van der Waals surface area contributed by atoms with Gasteiger partial charge in [0.05, 0.1) is 32.6 Å². The third-order valence-electron chi connectivity index (χ3n) is 5.84. The molecular formula is C26H32N2O7. The van der Waals surface area contributed by atoms with Crippen LogP contribution < -0.4 is 24.8 Å². The van der Waals surface area contributed by atoms with E-state index in [2.05, 4.69) is 10.6 Å². The fraction of sp³-hybridized carbons (Fsp3) is 0.423. The fourth-order valence-corrected chi connectivity index (χ4v) is 4.05. The molecule has 0 saturated heterocycles. The van der Waals surface area contributed by atoms with Crippen LogP contribution in [0.25, 0.3) is 0 Å². The number of aryl methyl sites for hydroxylation is 1. The summed E-state index contributed by atoms with van der Waals surface area (Å²) in [5, 5.41) is 5.68. The number of carbonyl (C=O) groups is 3. The molecular weight excluding hydrogens is 452 g/mol. The standard InChI is InChI=1S/C26H32N2O7/c1-32-21-14-17(15-22(33-2)25(21)34-3)12-13-24(30)35-16-23(29)28-20-11-7-6-10-19(20)26(31)27-18-8-4-5-9-18/h6-7,10-11,14-15,18H,4-5,8-9,12-13,16H2,1-3H3,(H,27,31)(H,28,29). The lowest BCUT2D eigenvalue weighted by Crippen LogP contribution is -2.33. The first-order valence-corrected chi connectivity index (χ1v) is 11.6. The van der Waals surface area contributed by atoms with E-state index in [9.17, 15) is 14.4 Å². The van der Waals surface area contributed by atoms with Crippen molar-refractivity contribution in [3.8, 4) is 17.2 Å². The summed E-state index contributed by atoms with van der Waals surface area (Å²) >= 11 is 0. The Kier molecular flexibility index (Phi) is 9.34. The van der Waals surface area contributed by atoms with Crippen molar-refractivity contribution in [3.63, 3.8) is 0 Å². The first-order chi connectivity index (χ1) is 16.9. The highest BCUT2D eigenvalue weighted by Gasteiger charge is 2.20. The minimum absolute atomic E-state index is 0.0618. The smallest absolute Gasteiger partial charge is 0.306 e. The van der Waals surface area contributed by atoms with Gasteiger partial charge in [-0.2, -0.15) is 0 Å². The molecule has 0 unspecified atom stereocenters. The van der Waals surface area contributed by atoms with Gasteiger partial charge in [0.25, 0.3) is 11.8 Å². The summed E-state index contributed by atoms with van der Waals surface area (Å²) in [4.78, 5) is 37.2. The maximum absolute atomic E-state index is 12.6. The highest BCUT2D eigenvalue weighted by Crippen LogP contribution is 2.38. The summed E-state index contributed by atoms with van der Waals surface area (Å²) in [7, 11) is 4.55. The Morgan fingerprint density at radius 2 is 1.60 bits per heavy atom. The van der Waals surface area contributed by atoms with Gasteiger partial charge in [-0.25, -0.2) is 0 Å². The van der Waals surface area contributed by atoms with Gasteiger partial charge in [-0.05, 0) is 49.1 Å². The van der Waals surface area contributed by atoms with Gasteiger partial charge in [0.1, 0.15) is 0 Å². The maximum Gasteiger partial charge on any atom is 0.306 e. The van der Waals surface area contributed by atoms with Crippen LogP contribution in [0.2, 0.25) is 0 Å². The molecule has 35 heavy (non-hydrogen) atoms. The normalized spacial score (nSPS) is 13.1. The SMILES string of the molecule is COc1cc(CCC(=O)OCC(=O)Nc2ccccc2C(=O)NC2CCCC2)cc(OC)c1OC. The van der Waals surface area contributed by atoms with Crippen molar-refractivity contribution >= 4 is 23.5 Å². The van der Waals surface area contributed by atoms with Crippen LogP contribution in [0.1, 0.15) is 48.0 Å². The monoisotopic (exact) mass is 484 g/mol. The van der Waals surface area contributed by atoms with E-state index < -0.39 is 18.5 Å². The molecule has 188 valence electrons. The molecule has 2 aromatic rings. The molecule has 9 heteroatoms. The highest BCUT2D eigenvalue weighted by atomic mass is 16.5. The molecule has 0 spiro atoms. The molecule has 9 nitrogen and oxygen atoms in total. The highest BCUT2D eigenvalue weighted by molar-refractivity contribution is 6.04. The third kappa shape index (κ3) is 7.11. The van der Waals surface area contributed by atoms with E-state index >= 15 is 0 Å². The van der Waals surface area contributed by atoms with E-state index in [1.165, 1.54) is 21.3 Å². The fourth-order valence-electron chi connectivity index (χ4n) is 4.05. The molecule has 0 radical (unpaired) electrons. The van der Waals surface area contributed by atoms with Crippen molar-refractivity contribution in [1.82, 2.24) is 5.32 Å². The molecule has 2 N–H and O–H groups in total. The second-order valence-corrected chi connectivity index (χ2v) is 8.24. The van der Waals surface area contributed by atoms with E-state index in [1.807, 2.05) is 0 Å². The number of benzene rings is 2. The Hall–Kier alpha value is -3.75. The van der Waals surface area contributed by atoms with Gasteiger partial charge >= 0.3 is 5.97 Å². The van der Waals surface area contributed by atoms with Crippen LogP contribution in [0.15, 0.2) is 36.4 Å². The van der Waals surface area contributed by atoms with E-state index in [0.717, 1.165) is 31.2 Å². The van der Waals surface area contributed by atoms with Crippen molar-refractivity contribution in [1.29, 1.82) is 0 Å². The number of hydrogen-bond donors (Lipinski definition) is 2. The minimum atomic E-state index is -0.527. The summed E-state index contributed by atoms with van der Waals surface area (Å²) in [6.07, 6.45) is 4.56. The van der Waals surface area contributed by atoms with Crippen molar-refractivity contribution in [2.75, 3.05) is 33.3 Å². The summed E-state index contributed by atoms with van der Waals surface area (Å²) in [6.45, 7) is -0.452. The van der Waals surface area contributed by atoms with Gasteiger partial charge < -0.3 is 29.6 Å². The summed E-state index contributed by atoms with van der Waals surface area (Å²) in [5.74, 6) is 0.175. The molecule has 2 aromatic carbocycles. The molecule has 0 heterocycles.